The molecule has 0 fully saturated rings. The van der Waals surface area contributed by atoms with E-state index in [1.807, 2.05) is 0 Å². The van der Waals surface area contributed by atoms with Crippen LogP contribution in [0.15, 0.2) is 212 Å². The zero-order valence-electron chi connectivity index (χ0n) is 34.5. The Bertz CT molecular complexity index is 3150. The van der Waals surface area contributed by atoms with E-state index in [0.717, 1.165) is 12.8 Å². The molecule has 0 heterocycles. The fourth-order valence-electron chi connectivity index (χ4n) is 10.2. The molecule has 0 aliphatic heterocycles. The minimum Gasteiger partial charge on any atom is -0.334 e. The Labute approximate surface area is 353 Å². The number of fused-ring (bicyclic) bond motifs is 9. The van der Waals surface area contributed by atoms with Gasteiger partial charge < -0.3 is 4.90 Å². The zero-order chi connectivity index (χ0) is 40.4. The van der Waals surface area contributed by atoms with E-state index in [2.05, 4.69) is 226 Å². The van der Waals surface area contributed by atoms with E-state index in [9.17, 15) is 0 Å². The van der Waals surface area contributed by atoms with Crippen LogP contribution in [0.1, 0.15) is 55.9 Å². The third kappa shape index (κ3) is 5.99. The second-order valence-electron chi connectivity index (χ2n) is 17.3. The van der Waals surface area contributed by atoms with Crippen LogP contribution in [0.25, 0.3) is 65.7 Å². The molecule has 1 unspecified atom stereocenters. The van der Waals surface area contributed by atoms with Gasteiger partial charge in [0.25, 0.3) is 0 Å². The lowest BCUT2D eigenvalue weighted by atomic mass is 9.80. The molecule has 288 valence electrons. The summed E-state index contributed by atoms with van der Waals surface area (Å²) in [5, 5.41) is 7.96. The maximum atomic E-state index is 2.54. The molecule has 3 aliphatic carbocycles. The summed E-state index contributed by atoms with van der Waals surface area (Å²) in [5.74, 6) is 0. The number of nitrogens with zero attached hydrogens (tertiary/aromatic N) is 1. The van der Waals surface area contributed by atoms with E-state index in [4.69, 9.17) is 0 Å². The van der Waals surface area contributed by atoms with Crippen molar-refractivity contribution < 1.29 is 0 Å². The van der Waals surface area contributed by atoms with Gasteiger partial charge in [0.05, 0.1) is 6.04 Å². The Morgan fingerprint density at radius 1 is 0.483 bits per heavy atom. The summed E-state index contributed by atoms with van der Waals surface area (Å²) in [6.07, 6.45) is 16.1. The fourth-order valence-corrected chi connectivity index (χ4v) is 10.2. The Kier molecular flexibility index (Phi) is 8.67. The lowest BCUT2D eigenvalue weighted by molar-refractivity contribution is 0.661. The molecule has 1 atom stereocenters. The lowest BCUT2D eigenvalue weighted by Crippen LogP contribution is -2.33. The van der Waals surface area contributed by atoms with Crippen LogP contribution >= 0.6 is 0 Å². The molecule has 60 heavy (non-hydrogen) atoms. The number of benzene rings is 8. The molecule has 3 aliphatic rings. The molecular formula is C59H47N. The van der Waals surface area contributed by atoms with Gasteiger partial charge in [-0.1, -0.05) is 183 Å². The summed E-state index contributed by atoms with van der Waals surface area (Å²) in [7, 11) is 0. The lowest BCUT2D eigenvalue weighted by Gasteiger charge is -2.34. The van der Waals surface area contributed by atoms with Gasteiger partial charge in [-0.15, -0.1) is 0 Å². The Hall–Kier alpha value is -6.96. The van der Waals surface area contributed by atoms with Crippen LogP contribution in [-0.4, -0.2) is 6.04 Å². The SMILES string of the molecule is CC1=C(c2ccc3c(c2)C(C)(C)c2cc4c5ccccc5c5ccccc5c4cc2-3)C=CC(N(c2ccc(-c3ccccc3)cc2)C2C=CC(c3ccccc3)=CC2)=CC1. The van der Waals surface area contributed by atoms with Crippen molar-refractivity contribution >= 4 is 49.2 Å². The molecule has 8 aromatic rings. The fraction of sp³-hybridized carbons (Fsp3) is 0.119. The quantitative estimate of drug-likeness (QED) is 0.152. The van der Waals surface area contributed by atoms with E-state index >= 15 is 0 Å². The highest BCUT2D eigenvalue weighted by molar-refractivity contribution is 6.26. The van der Waals surface area contributed by atoms with Crippen LogP contribution in [0, 0.1) is 0 Å². The van der Waals surface area contributed by atoms with Gasteiger partial charge >= 0.3 is 0 Å². The van der Waals surface area contributed by atoms with Gasteiger partial charge in [-0.2, -0.15) is 0 Å². The van der Waals surface area contributed by atoms with Crippen LogP contribution in [0.3, 0.4) is 0 Å². The molecule has 8 aromatic carbocycles. The first kappa shape index (κ1) is 36.1. The molecule has 1 nitrogen and oxygen atoms in total. The van der Waals surface area contributed by atoms with E-state index in [1.54, 1.807) is 0 Å². The number of allylic oxidation sites excluding steroid dienone is 7. The highest BCUT2D eigenvalue weighted by atomic mass is 15.2. The number of hydrogen-bond donors (Lipinski definition) is 0. The molecule has 11 rings (SSSR count). The first-order valence-corrected chi connectivity index (χ1v) is 21.4. The van der Waals surface area contributed by atoms with Crippen LogP contribution in [0.4, 0.5) is 5.69 Å². The van der Waals surface area contributed by atoms with Gasteiger partial charge in [0, 0.05) is 16.8 Å². The van der Waals surface area contributed by atoms with Crippen molar-refractivity contribution in [1.29, 1.82) is 0 Å². The van der Waals surface area contributed by atoms with Crippen molar-refractivity contribution in [2.24, 2.45) is 0 Å². The Balaban J connectivity index is 0.953. The molecular weight excluding hydrogens is 723 g/mol. The molecule has 0 saturated carbocycles. The molecule has 0 aromatic heterocycles. The molecule has 0 bridgehead atoms. The average Bonchev–Trinajstić information content (AvgIpc) is 3.38. The van der Waals surface area contributed by atoms with E-state index in [-0.39, 0.29) is 11.5 Å². The smallest absolute Gasteiger partial charge is 0.0560 e. The summed E-state index contributed by atoms with van der Waals surface area (Å²) in [6.45, 7) is 7.14. The highest BCUT2D eigenvalue weighted by Crippen LogP contribution is 2.52. The van der Waals surface area contributed by atoms with Crippen LogP contribution in [-0.2, 0) is 5.41 Å². The summed E-state index contributed by atoms with van der Waals surface area (Å²) < 4.78 is 0. The number of anilines is 1. The summed E-state index contributed by atoms with van der Waals surface area (Å²) in [6, 6.07) is 60.8. The standard InChI is InChI=1S/C59H47N/c1-39-22-28-45(60(46-29-23-42(24-30-46)40-14-6-4-7-15-40)47-31-25-43(26-32-47)41-16-8-5-9-17-41)33-35-48(39)44-27-34-53-56-37-54-51-20-12-10-18-49(51)50-19-11-13-21-52(50)55(54)38-58(56)59(2,3)57(53)36-44/h4-21,23-31,33-38,47H,22,32H2,1-3H3. The van der Waals surface area contributed by atoms with Crippen molar-refractivity contribution in [3.05, 3.63) is 234 Å². The average molecular weight is 770 g/mol. The summed E-state index contributed by atoms with van der Waals surface area (Å²) in [5.41, 5.74) is 16.8. The minimum atomic E-state index is -0.143. The third-order valence-corrected chi connectivity index (χ3v) is 13.4. The monoisotopic (exact) mass is 769 g/mol. The first-order chi connectivity index (χ1) is 29.4. The molecule has 1 heteroatoms. The van der Waals surface area contributed by atoms with Gasteiger partial charge in [-0.25, -0.2) is 0 Å². The molecule has 0 saturated heterocycles. The van der Waals surface area contributed by atoms with Crippen molar-refractivity contribution in [3.63, 3.8) is 0 Å². The second kappa shape index (κ2) is 14.4. The molecule has 0 amide bonds. The Morgan fingerprint density at radius 3 is 1.70 bits per heavy atom. The molecule has 0 radical (unpaired) electrons. The van der Waals surface area contributed by atoms with Gasteiger partial charge in [-0.3, -0.25) is 0 Å². The third-order valence-electron chi connectivity index (χ3n) is 13.4. The van der Waals surface area contributed by atoms with Crippen molar-refractivity contribution in [2.45, 2.75) is 45.1 Å². The number of rotatable bonds is 6. The van der Waals surface area contributed by atoms with Crippen LogP contribution in [0.2, 0.25) is 0 Å². The zero-order valence-corrected chi connectivity index (χ0v) is 34.5. The minimum absolute atomic E-state index is 0.143. The van der Waals surface area contributed by atoms with Crippen molar-refractivity contribution in [3.8, 4) is 22.3 Å². The van der Waals surface area contributed by atoms with Gasteiger partial charge in [0.1, 0.15) is 0 Å². The van der Waals surface area contributed by atoms with Crippen LogP contribution in [0.5, 0.6) is 0 Å². The topological polar surface area (TPSA) is 3.24 Å². The number of hydrogen-bond acceptors (Lipinski definition) is 1. The normalized spacial score (nSPS) is 16.8. The van der Waals surface area contributed by atoms with Crippen LogP contribution < -0.4 is 4.90 Å². The maximum Gasteiger partial charge on any atom is 0.0560 e. The predicted octanol–water partition coefficient (Wildman–Crippen LogP) is 15.7. The molecule has 0 spiro atoms. The maximum absolute atomic E-state index is 2.54. The van der Waals surface area contributed by atoms with E-state index in [1.165, 1.54) is 105 Å². The van der Waals surface area contributed by atoms with E-state index < -0.39 is 0 Å². The first-order valence-electron chi connectivity index (χ1n) is 21.4. The van der Waals surface area contributed by atoms with Crippen molar-refractivity contribution in [1.82, 2.24) is 0 Å². The van der Waals surface area contributed by atoms with Crippen molar-refractivity contribution in [2.75, 3.05) is 4.90 Å². The Morgan fingerprint density at radius 2 is 1.05 bits per heavy atom. The largest absolute Gasteiger partial charge is 0.334 e. The molecule has 0 N–H and O–H groups in total. The second-order valence-corrected chi connectivity index (χ2v) is 17.3. The summed E-state index contributed by atoms with van der Waals surface area (Å²) in [4.78, 5) is 2.54. The summed E-state index contributed by atoms with van der Waals surface area (Å²) >= 11 is 0. The predicted molar refractivity (Wildman–Crippen MR) is 257 cm³/mol. The highest BCUT2D eigenvalue weighted by Gasteiger charge is 2.36. The van der Waals surface area contributed by atoms with Gasteiger partial charge in [0.15, 0.2) is 0 Å². The van der Waals surface area contributed by atoms with Gasteiger partial charge in [0.2, 0.25) is 0 Å². The van der Waals surface area contributed by atoms with Gasteiger partial charge in [-0.05, 0) is 144 Å². The van der Waals surface area contributed by atoms with E-state index in [0.29, 0.717) is 0 Å².